The Morgan fingerprint density at radius 1 is 0.818 bits per heavy atom. The fourth-order valence-corrected chi connectivity index (χ4v) is 0. The largest absolute Gasteiger partial charge is 0.450 e. The van der Waals surface area contributed by atoms with Crippen LogP contribution in [0.1, 0.15) is 0 Å². The second-order valence-corrected chi connectivity index (χ2v) is 13.8. The molecule has 0 aliphatic rings. The maximum Gasteiger partial charge on any atom is 0.450 e. The molecule has 0 aliphatic carbocycles. The zero-order chi connectivity index (χ0) is 8.08. The second-order valence-electron chi connectivity index (χ2n) is 0.676. The molecule has 0 amide bonds. The topological polar surface area (TPSA) is 35.0 Å². The lowest BCUT2D eigenvalue weighted by atomic mass is 10.7. The van der Waals surface area contributed by atoms with Crippen LogP contribution in [0, 0.1) is 0 Å². The highest BCUT2D eigenvalue weighted by Gasteiger charge is 2.19. The molecule has 0 bridgehead atoms. The average Bonchev–Trinajstić information content (AvgIpc) is 1.19. The van der Waals surface area contributed by atoms with Gasteiger partial charge in [-0.1, -0.05) is 0 Å². The molecule has 0 aliphatic heterocycles. The molecule has 0 aromatic rings. The molecule has 0 heterocycles. The van der Waals surface area contributed by atoms with Crippen LogP contribution in [0.25, 0.3) is 0 Å². The first-order valence-electron chi connectivity index (χ1n) is 1.41. The van der Waals surface area contributed by atoms with Gasteiger partial charge in [0.15, 0.2) is 0 Å². The third kappa shape index (κ3) is 214. The molecule has 0 saturated carbocycles. The Balaban J connectivity index is -0.0000000383. The van der Waals surface area contributed by atoms with Crippen molar-refractivity contribution in [2.75, 3.05) is 0 Å². The lowest BCUT2D eigenvalue weighted by molar-refractivity contribution is 2.13. The van der Waals surface area contributed by atoms with E-state index in [9.17, 15) is 0 Å². The Morgan fingerprint density at radius 3 is 0.818 bits per heavy atom. The van der Waals surface area contributed by atoms with Crippen molar-refractivity contribution < 1.29 is 0 Å². The van der Waals surface area contributed by atoms with Gasteiger partial charge >= 0.3 is 10.3 Å². The second kappa shape index (κ2) is 12.6. The van der Waals surface area contributed by atoms with E-state index in [1.54, 1.807) is 0 Å². The van der Waals surface area contributed by atoms with Crippen LogP contribution >= 0.6 is 91.1 Å². The van der Waals surface area contributed by atoms with Gasteiger partial charge in [0.1, 0.15) is 0 Å². The summed E-state index contributed by atoms with van der Waals surface area (Å²) in [5, 5.41) is -2.72. The maximum atomic E-state index is 4.97. The molecule has 0 fully saturated rings. The Morgan fingerprint density at radius 2 is 0.818 bits per heavy atom. The van der Waals surface area contributed by atoms with Gasteiger partial charge in [-0.2, -0.15) is 34.4 Å². The van der Waals surface area contributed by atoms with Crippen molar-refractivity contribution in [3.05, 3.63) is 0 Å². The highest BCUT2D eigenvalue weighted by molar-refractivity contribution is 7.81. The first-order chi connectivity index (χ1) is 3.73. The van der Waals surface area contributed by atoms with Crippen molar-refractivity contribution in [1.82, 2.24) is 6.15 Å². The van der Waals surface area contributed by atoms with Gasteiger partial charge in [0.2, 0.25) is 0 Å². The molecule has 0 aromatic heterocycles. The van der Waals surface area contributed by atoms with Crippen LogP contribution in [0.4, 0.5) is 0 Å². The van der Waals surface area contributed by atoms with Crippen molar-refractivity contribution in [2.45, 2.75) is 0 Å². The summed E-state index contributed by atoms with van der Waals surface area (Å²) in [5.74, 6) is 0. The molecule has 11 heteroatoms. The van der Waals surface area contributed by atoms with Gasteiger partial charge < -0.3 is 6.15 Å². The average molecular weight is 341 g/mol. The smallest absolute Gasteiger partial charge is 0.344 e. The predicted molar refractivity (Wildman–Crippen MR) is 64.7 cm³/mol. The molecule has 0 spiro atoms. The van der Waals surface area contributed by atoms with Crippen molar-refractivity contribution in [1.29, 1.82) is 0 Å². The van der Waals surface area contributed by atoms with Crippen molar-refractivity contribution in [3.8, 4) is 0 Å². The molecule has 0 unspecified atom stereocenters. The van der Waals surface area contributed by atoms with E-state index in [1.165, 1.54) is 0 Å². The van der Waals surface area contributed by atoms with E-state index in [1.807, 2.05) is 0 Å². The Kier molecular flexibility index (Phi) is 26.7. The standard InChI is InChI=1S/BCl3.Cl4Si.ClH.H3N/c2-1(3)4;1-5(2,3)4;;/h;;1H;1H3. The third-order valence-corrected chi connectivity index (χ3v) is 0. The van der Waals surface area contributed by atoms with Crippen LogP contribution < -0.4 is 6.15 Å². The summed E-state index contributed by atoms with van der Waals surface area (Å²) in [6.07, 6.45) is 0. The molecular formula is H4BCl8NSi. The summed E-state index contributed by atoms with van der Waals surface area (Å²) in [5.41, 5.74) is 0. The minimum atomic E-state index is -2.72. The van der Waals surface area contributed by atoms with Crippen LogP contribution in [0.3, 0.4) is 0 Å². The van der Waals surface area contributed by atoms with E-state index in [2.05, 4.69) is 0 Å². The zero-order valence-corrected chi connectivity index (χ0v) is 11.9. The summed E-state index contributed by atoms with van der Waals surface area (Å²) >= 11 is 34.3. The van der Waals surface area contributed by atoms with E-state index >= 15 is 0 Å². The van der Waals surface area contributed by atoms with Crippen molar-refractivity contribution >= 4 is 101 Å². The summed E-state index contributed by atoms with van der Waals surface area (Å²) in [4.78, 5) is -0.750. The van der Waals surface area contributed by atoms with Gasteiger partial charge in [0, 0.05) is 0 Å². The molecule has 3 N–H and O–H groups in total. The molecule has 11 heavy (non-hydrogen) atoms. The van der Waals surface area contributed by atoms with Crippen LogP contribution in [0.5, 0.6) is 0 Å². The Labute approximate surface area is 107 Å². The molecule has 1 nitrogen and oxygen atoms in total. The van der Waals surface area contributed by atoms with Crippen LogP contribution in [-0.4, -0.2) is 10.3 Å². The van der Waals surface area contributed by atoms with Crippen molar-refractivity contribution in [3.63, 3.8) is 0 Å². The first-order valence-corrected chi connectivity index (χ1v) is 8.77. The van der Waals surface area contributed by atoms with Gasteiger partial charge in [0.05, 0.1) is 0 Å². The van der Waals surface area contributed by atoms with Crippen LogP contribution in [0.15, 0.2) is 0 Å². The first kappa shape index (κ1) is 23.4. The molecule has 0 rings (SSSR count). The van der Waals surface area contributed by atoms with Crippen LogP contribution in [-0.2, 0) is 0 Å². The predicted octanol–water partition coefficient (Wildman–Crippen LogP) is 4.65. The highest BCUT2D eigenvalue weighted by atomic mass is 36.0. The maximum absolute atomic E-state index is 4.97. The van der Waals surface area contributed by atoms with E-state index < -0.39 is 10.3 Å². The van der Waals surface area contributed by atoms with E-state index in [-0.39, 0.29) is 18.6 Å². The molecular weight excluding hydrogens is 337 g/mol. The number of hydrogen-bond donors (Lipinski definition) is 1. The minimum Gasteiger partial charge on any atom is -0.344 e. The van der Waals surface area contributed by atoms with Crippen LogP contribution in [0.2, 0.25) is 0 Å². The lowest BCUT2D eigenvalue weighted by Gasteiger charge is -1.85. The number of rotatable bonds is 0. The molecule has 0 aromatic carbocycles. The zero-order valence-electron chi connectivity index (χ0n) is 4.84. The van der Waals surface area contributed by atoms with E-state index in [4.69, 9.17) is 78.7 Å². The summed E-state index contributed by atoms with van der Waals surface area (Å²) in [6, 6.07) is 0. The summed E-state index contributed by atoms with van der Waals surface area (Å²) in [6.45, 7) is 0. The summed E-state index contributed by atoms with van der Waals surface area (Å²) < 4.78 is 0. The minimum absolute atomic E-state index is 0. The van der Waals surface area contributed by atoms with E-state index in [0.29, 0.717) is 0 Å². The van der Waals surface area contributed by atoms with Gasteiger partial charge in [-0.15, -0.1) is 56.7 Å². The van der Waals surface area contributed by atoms with Crippen molar-refractivity contribution in [2.24, 2.45) is 0 Å². The monoisotopic (exact) mass is 337 g/mol. The molecule has 0 atom stereocenters. The normalized spacial score (nSPS) is 7.91. The fourth-order valence-electron chi connectivity index (χ4n) is 0. The Hall–Kier alpha value is 2.56. The Bertz CT molecular complexity index is 50.8. The van der Waals surface area contributed by atoms with E-state index in [0.717, 1.165) is 0 Å². The van der Waals surface area contributed by atoms with Gasteiger partial charge in [-0.3, -0.25) is 0 Å². The number of hydrogen-bond acceptors (Lipinski definition) is 1. The van der Waals surface area contributed by atoms with Gasteiger partial charge in [-0.05, 0) is 0 Å². The van der Waals surface area contributed by atoms with Gasteiger partial charge in [0.25, 0.3) is 0 Å². The SMILES string of the molecule is Cl.ClB(Cl)Cl.Cl[Si](Cl)(Cl)Cl.N. The quantitative estimate of drug-likeness (QED) is 0.505. The highest BCUT2D eigenvalue weighted by Crippen LogP contribution is 2.23. The third-order valence-electron chi connectivity index (χ3n) is 0. The summed E-state index contributed by atoms with van der Waals surface area (Å²) in [7, 11) is 0. The molecule has 72 valence electrons. The fraction of sp³-hybridized carbons (Fsp3) is 0. The lowest BCUT2D eigenvalue weighted by Crippen LogP contribution is -1.91. The molecule has 0 radical (unpaired) electrons. The molecule has 0 saturated heterocycles. The number of halogens is 8. The van der Waals surface area contributed by atoms with Gasteiger partial charge in [-0.25, -0.2) is 0 Å².